The van der Waals surface area contributed by atoms with Gasteiger partial charge in [-0.3, -0.25) is 10.5 Å². The number of amidine groups is 2. The maximum atomic E-state index is 11.0. The predicted octanol–water partition coefficient (Wildman–Crippen LogP) is -0.952. The van der Waals surface area contributed by atoms with E-state index >= 15 is 0 Å². The molecule has 1 amide bonds. The largest absolute Gasteiger partial charge is 0.314 e. The Morgan fingerprint density at radius 3 is 2.93 bits per heavy atom. The van der Waals surface area contributed by atoms with Gasteiger partial charge in [-0.1, -0.05) is 0 Å². The molecule has 0 aromatic heterocycles. The molecule has 0 aliphatic carbocycles. The predicted molar refractivity (Wildman–Crippen MR) is 57.2 cm³/mol. The summed E-state index contributed by atoms with van der Waals surface area (Å²) in [6, 6.07) is 0. The Labute approximate surface area is 85.9 Å². The zero-order valence-electron chi connectivity index (χ0n) is 8.35. The van der Waals surface area contributed by atoms with Crippen LogP contribution >= 0.6 is 0 Å². The Morgan fingerprint density at radius 1 is 1.53 bits per heavy atom. The van der Waals surface area contributed by atoms with Gasteiger partial charge in [0.2, 0.25) is 11.7 Å². The van der Waals surface area contributed by atoms with Gasteiger partial charge >= 0.3 is 0 Å². The van der Waals surface area contributed by atoms with Gasteiger partial charge in [0, 0.05) is 6.92 Å². The first-order valence-corrected chi connectivity index (χ1v) is 4.35. The van der Waals surface area contributed by atoms with Gasteiger partial charge in [0.25, 0.3) is 0 Å². The molecule has 0 aromatic carbocycles. The lowest BCUT2D eigenvalue weighted by Crippen LogP contribution is -2.62. The molecule has 78 valence electrons. The molecule has 0 aromatic rings. The van der Waals surface area contributed by atoms with Gasteiger partial charge in [-0.25, -0.2) is 20.0 Å². The molecule has 7 nitrogen and oxygen atoms in total. The fourth-order valence-corrected chi connectivity index (χ4v) is 1.38. The fraction of sp³-hybridized carbons (Fsp3) is 0.375. The Hall–Kier alpha value is -1.89. The van der Waals surface area contributed by atoms with Crippen molar-refractivity contribution in [2.75, 3.05) is 0 Å². The summed E-state index contributed by atoms with van der Waals surface area (Å²) in [5, 5.41) is 2.51. The van der Waals surface area contributed by atoms with Crippen LogP contribution in [-0.2, 0) is 4.79 Å². The first kappa shape index (κ1) is 9.66. The molecule has 7 heteroatoms. The minimum Gasteiger partial charge on any atom is -0.314 e. The van der Waals surface area contributed by atoms with E-state index in [4.69, 9.17) is 5.73 Å². The third-order valence-corrected chi connectivity index (χ3v) is 1.92. The second kappa shape index (κ2) is 3.06. The van der Waals surface area contributed by atoms with Crippen molar-refractivity contribution in [1.29, 1.82) is 0 Å². The van der Waals surface area contributed by atoms with Crippen LogP contribution in [0, 0.1) is 0 Å². The van der Waals surface area contributed by atoms with Gasteiger partial charge in [-0.05, 0) is 6.92 Å². The van der Waals surface area contributed by atoms with Crippen molar-refractivity contribution >= 4 is 29.6 Å². The van der Waals surface area contributed by atoms with Crippen LogP contribution in [0.15, 0.2) is 20.0 Å². The van der Waals surface area contributed by atoms with E-state index in [9.17, 15) is 4.79 Å². The Kier molecular flexibility index (Phi) is 1.97. The minimum absolute atomic E-state index is 0.289. The smallest absolute Gasteiger partial charge is 0.234 e. The number of amides is 1. The number of fused-ring (bicyclic) bond motifs is 1. The van der Waals surface area contributed by atoms with Crippen molar-refractivity contribution in [2.45, 2.75) is 19.6 Å². The number of carbonyl (C=O) groups excluding carboxylic acids is 1. The lowest BCUT2D eigenvalue weighted by Gasteiger charge is -2.26. The summed E-state index contributed by atoms with van der Waals surface area (Å²) in [4.78, 5) is 27.0. The maximum absolute atomic E-state index is 11.0. The van der Waals surface area contributed by atoms with Crippen LogP contribution in [0.4, 0.5) is 0 Å². The molecule has 0 saturated heterocycles. The molecule has 0 radical (unpaired) electrons. The number of nitrogens with zero attached hydrogens (tertiary/aromatic N) is 4. The van der Waals surface area contributed by atoms with Gasteiger partial charge in [-0.15, -0.1) is 0 Å². The number of nitrogens with two attached hydrogens (primary N) is 1. The summed E-state index contributed by atoms with van der Waals surface area (Å²) in [5.41, 5.74) is 6.27. The van der Waals surface area contributed by atoms with Crippen LogP contribution in [0.1, 0.15) is 13.8 Å². The summed E-state index contributed by atoms with van der Waals surface area (Å²) >= 11 is 0. The number of rotatable bonds is 1. The van der Waals surface area contributed by atoms with Crippen LogP contribution in [0.5, 0.6) is 0 Å². The highest BCUT2D eigenvalue weighted by molar-refractivity contribution is 6.51. The quantitative estimate of drug-likeness (QED) is 0.540. The molecule has 3 N–H and O–H groups in total. The molecule has 2 aliphatic rings. The van der Waals surface area contributed by atoms with Crippen molar-refractivity contribution in [3.05, 3.63) is 0 Å². The fourth-order valence-electron chi connectivity index (χ4n) is 1.38. The van der Waals surface area contributed by atoms with E-state index in [1.54, 1.807) is 6.92 Å². The number of carbonyl (C=O) groups is 1. The Morgan fingerprint density at radius 2 is 2.27 bits per heavy atom. The zero-order chi connectivity index (χ0) is 11.1. The van der Waals surface area contributed by atoms with E-state index in [2.05, 4.69) is 25.3 Å². The SMILES string of the molecule is CC(=O)NC1(N)N=CN=C2N=C(C)N=C21. The van der Waals surface area contributed by atoms with E-state index in [0.717, 1.165) is 0 Å². The molecule has 2 aliphatic heterocycles. The molecule has 0 fully saturated rings. The van der Waals surface area contributed by atoms with Crippen molar-refractivity contribution < 1.29 is 4.79 Å². The summed E-state index contributed by atoms with van der Waals surface area (Å²) in [6.07, 6.45) is 1.27. The van der Waals surface area contributed by atoms with Gasteiger partial charge in [-0.2, -0.15) is 0 Å². The number of hydrogen-bond donors (Lipinski definition) is 2. The van der Waals surface area contributed by atoms with Crippen LogP contribution < -0.4 is 11.1 Å². The Bertz CT molecular complexity index is 446. The third-order valence-electron chi connectivity index (χ3n) is 1.92. The van der Waals surface area contributed by atoms with Crippen molar-refractivity contribution in [3.63, 3.8) is 0 Å². The summed E-state index contributed by atoms with van der Waals surface area (Å²) < 4.78 is 0. The van der Waals surface area contributed by atoms with Gasteiger partial charge < -0.3 is 5.32 Å². The maximum Gasteiger partial charge on any atom is 0.234 e. The normalized spacial score (nSPS) is 27.8. The highest BCUT2D eigenvalue weighted by Crippen LogP contribution is 2.14. The third kappa shape index (κ3) is 1.57. The molecule has 2 heterocycles. The first-order chi connectivity index (χ1) is 7.01. The lowest BCUT2D eigenvalue weighted by atomic mass is 10.2. The highest BCUT2D eigenvalue weighted by Gasteiger charge is 2.39. The van der Waals surface area contributed by atoms with E-state index < -0.39 is 5.79 Å². The molecular weight excluding hydrogens is 196 g/mol. The van der Waals surface area contributed by atoms with E-state index in [-0.39, 0.29) is 5.91 Å². The number of nitrogens with one attached hydrogen (secondary N) is 1. The highest BCUT2D eigenvalue weighted by atomic mass is 16.1. The standard InChI is InChI=1S/C8H10N6O/c1-4-12-6-7(13-4)10-3-11-8(6,9)14-5(2)15/h3H,9H2,1-2H3,(H,14,15). The Balaban J connectivity index is 2.38. The second-order valence-corrected chi connectivity index (χ2v) is 3.26. The number of hydrogen-bond acceptors (Lipinski definition) is 6. The average molecular weight is 206 g/mol. The second-order valence-electron chi connectivity index (χ2n) is 3.26. The average Bonchev–Trinajstić information content (AvgIpc) is 2.45. The molecule has 1 unspecified atom stereocenters. The van der Waals surface area contributed by atoms with Crippen molar-refractivity contribution in [1.82, 2.24) is 5.32 Å². The first-order valence-electron chi connectivity index (χ1n) is 4.35. The van der Waals surface area contributed by atoms with Gasteiger partial charge in [0.05, 0.1) is 0 Å². The van der Waals surface area contributed by atoms with Crippen LogP contribution in [0.2, 0.25) is 0 Å². The van der Waals surface area contributed by atoms with Crippen LogP contribution in [0.3, 0.4) is 0 Å². The van der Waals surface area contributed by atoms with Gasteiger partial charge in [0.15, 0.2) is 11.5 Å². The molecular formula is C8H10N6O. The van der Waals surface area contributed by atoms with Crippen LogP contribution in [-0.4, -0.2) is 35.4 Å². The van der Waals surface area contributed by atoms with Crippen molar-refractivity contribution in [2.24, 2.45) is 25.7 Å². The monoisotopic (exact) mass is 206 g/mol. The topological polar surface area (TPSA) is 105 Å². The minimum atomic E-state index is -1.34. The number of aliphatic imine (C=N–C) groups is 4. The molecule has 0 spiro atoms. The lowest BCUT2D eigenvalue weighted by molar-refractivity contribution is -0.120. The summed E-state index contributed by atoms with van der Waals surface area (Å²) in [6.45, 7) is 3.08. The molecule has 2 rings (SSSR count). The van der Waals surface area contributed by atoms with Crippen LogP contribution in [0.25, 0.3) is 0 Å². The van der Waals surface area contributed by atoms with E-state index in [0.29, 0.717) is 17.4 Å². The molecule has 15 heavy (non-hydrogen) atoms. The molecule has 0 bridgehead atoms. The molecule has 1 atom stereocenters. The summed E-state index contributed by atoms with van der Waals surface area (Å²) in [5.74, 6) is -0.680. The molecule has 0 saturated carbocycles. The van der Waals surface area contributed by atoms with E-state index in [1.807, 2.05) is 0 Å². The zero-order valence-corrected chi connectivity index (χ0v) is 8.35. The van der Waals surface area contributed by atoms with Crippen molar-refractivity contribution in [3.8, 4) is 0 Å². The van der Waals surface area contributed by atoms with E-state index in [1.165, 1.54) is 13.3 Å². The summed E-state index contributed by atoms with van der Waals surface area (Å²) in [7, 11) is 0. The van der Waals surface area contributed by atoms with Gasteiger partial charge in [0.1, 0.15) is 12.2 Å².